The molecule has 3 N–H and O–H groups in total. The van der Waals surface area contributed by atoms with E-state index in [2.05, 4.69) is 15.9 Å². The van der Waals surface area contributed by atoms with Crippen LogP contribution in [0.2, 0.25) is 0 Å². The van der Waals surface area contributed by atoms with E-state index in [1.807, 2.05) is 18.2 Å². The van der Waals surface area contributed by atoms with Gasteiger partial charge in [0, 0.05) is 10.4 Å². The lowest BCUT2D eigenvalue weighted by atomic mass is 9.96. The number of aliphatic carboxylic acids is 1. The molecule has 1 aromatic rings. The van der Waals surface area contributed by atoms with Crippen LogP contribution in [-0.2, 0) is 4.79 Å². The molecule has 0 heterocycles. The van der Waals surface area contributed by atoms with Gasteiger partial charge in [0.05, 0.1) is 13.5 Å². The summed E-state index contributed by atoms with van der Waals surface area (Å²) in [5, 5.41) is 8.79. The molecule has 1 aromatic carbocycles. The standard InChI is InChI=1S/C11H14BrNO3/c1-16-8-2-3-10(12)9(5-8)7(6-13)4-11(14)15/h2-3,5,7H,4,6,13H2,1H3,(H,14,15). The van der Waals surface area contributed by atoms with E-state index >= 15 is 0 Å². The molecule has 5 heteroatoms. The highest BCUT2D eigenvalue weighted by atomic mass is 79.9. The van der Waals surface area contributed by atoms with Crippen LogP contribution in [0.1, 0.15) is 17.9 Å². The second-order valence-electron chi connectivity index (χ2n) is 3.42. The Kier molecular flexibility index (Phi) is 4.76. The predicted molar refractivity (Wildman–Crippen MR) is 64.7 cm³/mol. The Morgan fingerprint density at radius 1 is 1.62 bits per heavy atom. The van der Waals surface area contributed by atoms with Crippen molar-refractivity contribution in [1.29, 1.82) is 0 Å². The van der Waals surface area contributed by atoms with Crippen molar-refractivity contribution < 1.29 is 14.6 Å². The molecule has 1 atom stereocenters. The van der Waals surface area contributed by atoms with E-state index in [-0.39, 0.29) is 18.9 Å². The van der Waals surface area contributed by atoms with Gasteiger partial charge in [-0.1, -0.05) is 15.9 Å². The van der Waals surface area contributed by atoms with Crippen LogP contribution in [0.4, 0.5) is 0 Å². The average Bonchev–Trinajstić information content (AvgIpc) is 2.26. The van der Waals surface area contributed by atoms with Crippen LogP contribution in [0.25, 0.3) is 0 Å². The zero-order chi connectivity index (χ0) is 12.1. The largest absolute Gasteiger partial charge is 0.497 e. The van der Waals surface area contributed by atoms with Gasteiger partial charge in [-0.15, -0.1) is 0 Å². The molecule has 0 aromatic heterocycles. The summed E-state index contributed by atoms with van der Waals surface area (Å²) in [4.78, 5) is 10.7. The van der Waals surface area contributed by atoms with Crippen LogP contribution in [0.5, 0.6) is 5.75 Å². The van der Waals surface area contributed by atoms with Gasteiger partial charge in [0.15, 0.2) is 0 Å². The molecule has 0 aliphatic rings. The van der Waals surface area contributed by atoms with E-state index in [1.54, 1.807) is 7.11 Å². The number of nitrogens with two attached hydrogens (primary N) is 1. The number of hydrogen-bond donors (Lipinski definition) is 2. The Morgan fingerprint density at radius 2 is 2.31 bits per heavy atom. The van der Waals surface area contributed by atoms with E-state index in [0.29, 0.717) is 5.75 Å². The number of benzene rings is 1. The molecular weight excluding hydrogens is 274 g/mol. The summed E-state index contributed by atoms with van der Waals surface area (Å²) in [5.74, 6) is -0.366. The number of rotatable bonds is 5. The first-order valence-corrected chi connectivity index (χ1v) is 5.63. The minimum Gasteiger partial charge on any atom is -0.497 e. The summed E-state index contributed by atoms with van der Waals surface area (Å²) in [6.45, 7) is 0.290. The SMILES string of the molecule is COc1ccc(Br)c(C(CN)CC(=O)O)c1. The molecular formula is C11H14BrNO3. The van der Waals surface area contributed by atoms with Crippen molar-refractivity contribution in [3.05, 3.63) is 28.2 Å². The normalized spacial score (nSPS) is 12.2. The fraction of sp³-hybridized carbons (Fsp3) is 0.364. The van der Waals surface area contributed by atoms with Crippen LogP contribution in [0.15, 0.2) is 22.7 Å². The van der Waals surface area contributed by atoms with Gasteiger partial charge in [-0.3, -0.25) is 4.79 Å². The van der Waals surface area contributed by atoms with Gasteiger partial charge in [-0.25, -0.2) is 0 Å². The predicted octanol–water partition coefficient (Wildman–Crippen LogP) is 1.97. The highest BCUT2D eigenvalue weighted by Gasteiger charge is 2.17. The van der Waals surface area contributed by atoms with Gasteiger partial charge < -0.3 is 15.6 Å². The monoisotopic (exact) mass is 287 g/mol. The first-order valence-electron chi connectivity index (χ1n) is 4.83. The van der Waals surface area contributed by atoms with Crippen molar-refractivity contribution in [1.82, 2.24) is 0 Å². The minimum atomic E-state index is -0.856. The number of carboxylic acids is 1. The van der Waals surface area contributed by atoms with Crippen molar-refractivity contribution in [3.63, 3.8) is 0 Å². The number of carboxylic acid groups (broad SMARTS) is 1. The Balaban J connectivity index is 3.02. The van der Waals surface area contributed by atoms with E-state index < -0.39 is 5.97 Å². The molecule has 0 bridgehead atoms. The van der Waals surface area contributed by atoms with Crippen LogP contribution in [0, 0.1) is 0 Å². The van der Waals surface area contributed by atoms with Gasteiger partial charge >= 0.3 is 5.97 Å². The summed E-state index contributed by atoms with van der Waals surface area (Å²) < 4.78 is 5.95. The summed E-state index contributed by atoms with van der Waals surface area (Å²) in [6, 6.07) is 5.45. The third-order valence-corrected chi connectivity index (χ3v) is 3.07. The van der Waals surface area contributed by atoms with Crippen LogP contribution in [0.3, 0.4) is 0 Å². The Hall–Kier alpha value is -1.07. The highest BCUT2D eigenvalue weighted by molar-refractivity contribution is 9.10. The number of hydrogen-bond acceptors (Lipinski definition) is 3. The van der Waals surface area contributed by atoms with Gasteiger partial charge in [0.1, 0.15) is 5.75 Å². The molecule has 0 saturated carbocycles. The summed E-state index contributed by atoms with van der Waals surface area (Å²) in [6.07, 6.45) is 0.0161. The third kappa shape index (κ3) is 3.21. The Bertz CT molecular complexity index is 381. The molecule has 0 amide bonds. The zero-order valence-electron chi connectivity index (χ0n) is 8.94. The van der Waals surface area contributed by atoms with E-state index in [1.165, 1.54) is 0 Å². The van der Waals surface area contributed by atoms with Crippen molar-refractivity contribution >= 4 is 21.9 Å². The summed E-state index contributed by atoms with van der Waals surface area (Å²) in [7, 11) is 1.57. The number of carbonyl (C=O) groups is 1. The molecule has 0 fully saturated rings. The van der Waals surface area contributed by atoms with Gasteiger partial charge in [0.2, 0.25) is 0 Å². The quantitative estimate of drug-likeness (QED) is 0.869. The fourth-order valence-corrected chi connectivity index (χ4v) is 2.06. The lowest BCUT2D eigenvalue weighted by Gasteiger charge is -2.15. The van der Waals surface area contributed by atoms with Gasteiger partial charge in [-0.2, -0.15) is 0 Å². The van der Waals surface area contributed by atoms with Crippen molar-refractivity contribution in [2.45, 2.75) is 12.3 Å². The fourth-order valence-electron chi connectivity index (χ4n) is 1.49. The molecule has 0 radical (unpaired) electrons. The summed E-state index contributed by atoms with van der Waals surface area (Å²) in [5.41, 5.74) is 6.45. The number of halogens is 1. The summed E-state index contributed by atoms with van der Waals surface area (Å²) >= 11 is 3.39. The smallest absolute Gasteiger partial charge is 0.304 e. The minimum absolute atomic E-state index is 0.0161. The van der Waals surface area contributed by atoms with Gasteiger partial charge in [0.25, 0.3) is 0 Å². The Morgan fingerprint density at radius 3 is 2.81 bits per heavy atom. The topological polar surface area (TPSA) is 72.5 Å². The van der Waals surface area contributed by atoms with Crippen molar-refractivity contribution in [2.24, 2.45) is 5.73 Å². The second-order valence-corrected chi connectivity index (χ2v) is 4.27. The molecule has 4 nitrogen and oxygen atoms in total. The lowest BCUT2D eigenvalue weighted by Crippen LogP contribution is -2.16. The number of ether oxygens (including phenoxy) is 1. The van der Waals surface area contributed by atoms with E-state index in [0.717, 1.165) is 10.0 Å². The molecule has 0 aliphatic carbocycles. The third-order valence-electron chi connectivity index (χ3n) is 2.35. The zero-order valence-corrected chi connectivity index (χ0v) is 10.5. The second kappa shape index (κ2) is 5.86. The van der Waals surface area contributed by atoms with Crippen LogP contribution in [-0.4, -0.2) is 24.7 Å². The molecule has 1 unspecified atom stereocenters. The van der Waals surface area contributed by atoms with Crippen LogP contribution >= 0.6 is 15.9 Å². The first-order chi connectivity index (χ1) is 7.58. The van der Waals surface area contributed by atoms with E-state index in [9.17, 15) is 4.79 Å². The highest BCUT2D eigenvalue weighted by Crippen LogP contribution is 2.30. The van der Waals surface area contributed by atoms with Crippen molar-refractivity contribution in [3.8, 4) is 5.75 Å². The maximum atomic E-state index is 10.7. The molecule has 0 spiro atoms. The maximum absolute atomic E-state index is 10.7. The molecule has 1 rings (SSSR count). The van der Waals surface area contributed by atoms with E-state index in [4.69, 9.17) is 15.6 Å². The molecule has 0 saturated heterocycles. The number of methoxy groups -OCH3 is 1. The van der Waals surface area contributed by atoms with Crippen molar-refractivity contribution in [2.75, 3.05) is 13.7 Å². The van der Waals surface area contributed by atoms with Crippen LogP contribution < -0.4 is 10.5 Å². The molecule has 88 valence electrons. The lowest BCUT2D eigenvalue weighted by molar-refractivity contribution is -0.137. The Labute approximate surface area is 103 Å². The maximum Gasteiger partial charge on any atom is 0.304 e. The molecule has 0 aliphatic heterocycles. The average molecular weight is 288 g/mol. The van der Waals surface area contributed by atoms with Gasteiger partial charge in [-0.05, 0) is 30.3 Å². The first kappa shape index (κ1) is 13.0. The molecule has 16 heavy (non-hydrogen) atoms.